The van der Waals surface area contributed by atoms with Gasteiger partial charge in [0.1, 0.15) is 5.75 Å². The number of benzene rings is 2. The van der Waals surface area contributed by atoms with Crippen LogP contribution in [0.15, 0.2) is 54.6 Å². The molecule has 2 aromatic carbocycles. The average molecular weight is 515 g/mol. The van der Waals surface area contributed by atoms with Crippen molar-refractivity contribution in [3.8, 4) is 17.1 Å². The van der Waals surface area contributed by atoms with Gasteiger partial charge in [0, 0.05) is 43.7 Å². The summed E-state index contributed by atoms with van der Waals surface area (Å²) in [5.41, 5.74) is 1.16. The van der Waals surface area contributed by atoms with E-state index in [-0.39, 0.29) is 35.7 Å². The second kappa shape index (κ2) is 11.4. The molecule has 1 aliphatic rings. The molecular formula is C26H29F3N6O2. The molecule has 37 heavy (non-hydrogen) atoms. The largest absolute Gasteiger partial charge is 0.573 e. The molecule has 0 unspecified atom stereocenters. The van der Waals surface area contributed by atoms with Crippen molar-refractivity contribution in [3.05, 3.63) is 60.2 Å². The van der Waals surface area contributed by atoms with E-state index < -0.39 is 6.36 Å². The first-order valence-electron chi connectivity index (χ1n) is 12.1. The summed E-state index contributed by atoms with van der Waals surface area (Å²) in [6.45, 7) is -0.0369. The second-order valence-electron chi connectivity index (χ2n) is 8.89. The molecule has 0 aliphatic heterocycles. The van der Waals surface area contributed by atoms with Crippen molar-refractivity contribution in [2.45, 2.75) is 44.6 Å². The van der Waals surface area contributed by atoms with Gasteiger partial charge in [0.15, 0.2) is 5.82 Å². The number of carbonyl (C=O) groups excluding carboxylic acids is 1. The van der Waals surface area contributed by atoms with Gasteiger partial charge in [0.05, 0.1) is 0 Å². The van der Waals surface area contributed by atoms with Gasteiger partial charge in [-0.25, -0.2) is 0 Å². The highest BCUT2D eigenvalue weighted by molar-refractivity contribution is 5.78. The summed E-state index contributed by atoms with van der Waals surface area (Å²) in [7, 11) is 3.69. The Morgan fingerprint density at radius 1 is 1.00 bits per heavy atom. The number of nitrogens with zero attached hydrogens (tertiary/aromatic N) is 4. The van der Waals surface area contributed by atoms with Crippen molar-refractivity contribution < 1.29 is 22.7 Å². The Kier molecular flexibility index (Phi) is 8.10. The van der Waals surface area contributed by atoms with E-state index in [1.165, 1.54) is 18.2 Å². The van der Waals surface area contributed by atoms with Crippen LogP contribution < -0.4 is 20.3 Å². The Morgan fingerprint density at radius 3 is 2.35 bits per heavy atom. The lowest BCUT2D eigenvalue weighted by molar-refractivity contribution is -0.274. The Labute approximate surface area is 213 Å². The molecule has 196 valence electrons. The Balaban J connectivity index is 1.35. The number of carbonyl (C=O) groups is 1. The number of amides is 1. The van der Waals surface area contributed by atoms with E-state index in [2.05, 4.69) is 30.3 Å². The predicted molar refractivity (Wildman–Crippen MR) is 134 cm³/mol. The van der Waals surface area contributed by atoms with Crippen LogP contribution in [0.1, 0.15) is 31.2 Å². The summed E-state index contributed by atoms with van der Waals surface area (Å²) in [5.74, 6) is 0.891. The van der Waals surface area contributed by atoms with Gasteiger partial charge in [-0.15, -0.1) is 13.2 Å². The van der Waals surface area contributed by atoms with Crippen LogP contribution in [0.3, 0.4) is 0 Å². The van der Waals surface area contributed by atoms with E-state index in [9.17, 15) is 18.0 Å². The van der Waals surface area contributed by atoms with Crippen molar-refractivity contribution in [1.82, 2.24) is 20.3 Å². The minimum Gasteiger partial charge on any atom is -0.405 e. The number of hydrogen-bond donors (Lipinski definition) is 2. The summed E-state index contributed by atoms with van der Waals surface area (Å²) in [6, 6.07) is 15.6. The van der Waals surface area contributed by atoms with E-state index in [4.69, 9.17) is 0 Å². The number of aromatic nitrogens is 3. The molecule has 0 spiro atoms. The lowest BCUT2D eigenvalue weighted by Crippen LogP contribution is -2.40. The van der Waals surface area contributed by atoms with Gasteiger partial charge < -0.3 is 20.3 Å². The van der Waals surface area contributed by atoms with Gasteiger partial charge in [-0.05, 0) is 31.7 Å². The van der Waals surface area contributed by atoms with Crippen molar-refractivity contribution in [2.24, 2.45) is 5.92 Å². The first kappa shape index (κ1) is 26.2. The first-order chi connectivity index (χ1) is 17.7. The fourth-order valence-corrected chi connectivity index (χ4v) is 4.44. The van der Waals surface area contributed by atoms with Crippen LogP contribution in [0.4, 0.5) is 25.1 Å². The number of rotatable bonds is 8. The van der Waals surface area contributed by atoms with E-state index in [0.717, 1.165) is 18.4 Å². The lowest BCUT2D eigenvalue weighted by atomic mass is 9.85. The van der Waals surface area contributed by atoms with Gasteiger partial charge in [0.25, 0.3) is 0 Å². The molecule has 3 aromatic rings. The maximum atomic E-state index is 12.8. The third-order valence-corrected chi connectivity index (χ3v) is 6.46. The molecule has 1 heterocycles. The van der Waals surface area contributed by atoms with Crippen LogP contribution in [-0.2, 0) is 11.3 Å². The minimum atomic E-state index is -4.79. The van der Waals surface area contributed by atoms with Crippen molar-refractivity contribution in [2.75, 3.05) is 24.3 Å². The van der Waals surface area contributed by atoms with E-state index in [1.807, 2.05) is 42.3 Å². The zero-order valence-corrected chi connectivity index (χ0v) is 20.6. The number of para-hydroxylation sites is 1. The van der Waals surface area contributed by atoms with E-state index >= 15 is 0 Å². The van der Waals surface area contributed by atoms with Crippen molar-refractivity contribution in [1.29, 1.82) is 0 Å². The third-order valence-electron chi connectivity index (χ3n) is 6.46. The summed E-state index contributed by atoms with van der Waals surface area (Å²) in [6.07, 6.45) is -1.99. The topological polar surface area (TPSA) is 92.3 Å². The number of nitrogens with one attached hydrogen (secondary N) is 2. The van der Waals surface area contributed by atoms with Crippen LogP contribution in [0.2, 0.25) is 0 Å². The van der Waals surface area contributed by atoms with Crippen molar-refractivity contribution >= 4 is 17.8 Å². The predicted octanol–water partition coefficient (Wildman–Crippen LogP) is 4.79. The van der Waals surface area contributed by atoms with E-state index in [1.54, 1.807) is 13.1 Å². The molecule has 1 saturated carbocycles. The van der Waals surface area contributed by atoms with Crippen LogP contribution in [-0.4, -0.2) is 47.4 Å². The summed E-state index contributed by atoms with van der Waals surface area (Å²) >= 11 is 0. The monoisotopic (exact) mass is 514 g/mol. The molecule has 8 nitrogen and oxygen atoms in total. The smallest absolute Gasteiger partial charge is 0.405 e. The number of halogens is 3. The number of anilines is 2. The quantitative estimate of drug-likeness (QED) is 0.447. The number of hydrogen-bond acceptors (Lipinski definition) is 7. The fourth-order valence-electron chi connectivity index (χ4n) is 4.44. The highest BCUT2D eigenvalue weighted by Gasteiger charge is 2.32. The van der Waals surface area contributed by atoms with Crippen LogP contribution in [0.25, 0.3) is 11.4 Å². The van der Waals surface area contributed by atoms with Gasteiger partial charge >= 0.3 is 6.36 Å². The minimum absolute atomic E-state index is 0.0369. The Bertz CT molecular complexity index is 1200. The third kappa shape index (κ3) is 6.87. The van der Waals surface area contributed by atoms with Gasteiger partial charge in [-0.3, -0.25) is 4.79 Å². The van der Waals surface area contributed by atoms with Crippen molar-refractivity contribution in [3.63, 3.8) is 0 Å². The standard InChI is InChI=1S/C26H29F3N6O2/c1-30-24-32-22(17-8-4-3-5-9-17)33-25(34-24)35(2)20-14-12-18(13-15-20)23(36)31-16-19-10-6-7-11-21(19)37-26(27,28)29/h3-11,18,20H,12-16H2,1-2H3,(H,31,36)(H,30,32,33,34)/t18-,20+. The molecule has 1 aliphatic carbocycles. The van der Waals surface area contributed by atoms with E-state index in [0.29, 0.717) is 30.6 Å². The average Bonchev–Trinajstić information content (AvgIpc) is 2.91. The summed E-state index contributed by atoms with van der Waals surface area (Å²) < 4.78 is 42.0. The molecule has 11 heteroatoms. The van der Waals surface area contributed by atoms with Gasteiger partial charge in [-0.2, -0.15) is 15.0 Å². The fraction of sp³-hybridized carbons (Fsp3) is 0.385. The molecular weight excluding hydrogens is 485 g/mol. The first-order valence-corrected chi connectivity index (χ1v) is 12.1. The molecule has 0 radical (unpaired) electrons. The van der Waals surface area contributed by atoms with Gasteiger partial charge in [0.2, 0.25) is 17.8 Å². The summed E-state index contributed by atoms with van der Waals surface area (Å²) in [5, 5.41) is 5.76. The van der Waals surface area contributed by atoms with Crippen LogP contribution >= 0.6 is 0 Å². The van der Waals surface area contributed by atoms with Crippen LogP contribution in [0, 0.1) is 5.92 Å². The lowest BCUT2D eigenvalue weighted by Gasteiger charge is -2.34. The number of ether oxygens (including phenoxy) is 1. The molecule has 0 atom stereocenters. The summed E-state index contributed by atoms with van der Waals surface area (Å²) in [4.78, 5) is 28.5. The zero-order valence-electron chi connectivity index (χ0n) is 20.6. The molecule has 2 N–H and O–H groups in total. The molecule has 0 saturated heterocycles. The maximum Gasteiger partial charge on any atom is 0.573 e. The SMILES string of the molecule is CNc1nc(-c2ccccc2)nc(N(C)[C@H]2CC[C@@H](C(=O)NCc3ccccc3OC(F)(F)F)CC2)n1. The van der Waals surface area contributed by atoms with Crippen LogP contribution in [0.5, 0.6) is 5.75 Å². The Hall–Kier alpha value is -3.89. The molecule has 1 amide bonds. The maximum absolute atomic E-state index is 12.8. The normalized spacial score (nSPS) is 17.6. The molecule has 4 rings (SSSR count). The van der Waals surface area contributed by atoms with Gasteiger partial charge in [-0.1, -0.05) is 48.5 Å². The second-order valence-corrected chi connectivity index (χ2v) is 8.89. The molecule has 1 fully saturated rings. The highest BCUT2D eigenvalue weighted by atomic mass is 19.4. The Morgan fingerprint density at radius 2 is 1.68 bits per heavy atom. The molecule has 0 bridgehead atoms. The number of alkyl halides is 3. The highest BCUT2D eigenvalue weighted by Crippen LogP contribution is 2.30. The zero-order chi connectivity index (χ0) is 26.4. The molecule has 1 aromatic heterocycles.